The predicted molar refractivity (Wildman–Crippen MR) is 258 cm³/mol. The van der Waals surface area contributed by atoms with Gasteiger partial charge in [0.2, 0.25) is 17.7 Å². The Hall–Kier alpha value is -6.23. The number of nitrogens with zero attached hydrogens (tertiary/aromatic N) is 4. The van der Waals surface area contributed by atoms with Crippen molar-refractivity contribution in [3.05, 3.63) is 111 Å². The number of aryl methyl sites for hydroxylation is 2. The number of hydrogen-bond acceptors (Lipinski definition) is 8. The van der Waals surface area contributed by atoms with Crippen LogP contribution in [-0.2, 0) is 21.4 Å². The molecule has 66 heavy (non-hydrogen) atoms. The quantitative estimate of drug-likeness (QED) is 0.0649. The number of hydrogen-bond donors (Lipinski definition) is 4. The Bertz CT molecular complexity index is 2780. The van der Waals surface area contributed by atoms with E-state index in [0.29, 0.717) is 35.9 Å². The van der Waals surface area contributed by atoms with Gasteiger partial charge in [0.15, 0.2) is 0 Å². The minimum absolute atomic E-state index is 0.0804. The molecule has 5 aromatic rings. The number of imide groups is 1. The van der Waals surface area contributed by atoms with Crippen molar-refractivity contribution in [1.29, 1.82) is 0 Å². The van der Waals surface area contributed by atoms with Gasteiger partial charge in [0.05, 0.1) is 23.1 Å². The lowest BCUT2D eigenvalue weighted by atomic mass is 9.89. The zero-order valence-electron chi connectivity index (χ0n) is 38.5. The molecule has 4 aromatic carbocycles. The van der Waals surface area contributed by atoms with Crippen LogP contribution in [0.5, 0.6) is 0 Å². The number of unbranched alkanes of at least 4 members (excludes halogenated alkanes) is 1. The van der Waals surface area contributed by atoms with E-state index in [4.69, 9.17) is 0 Å². The number of nitrogens with one attached hydrogen (secondary N) is 4. The normalized spacial score (nSPS) is 19.3. The Morgan fingerprint density at radius 1 is 0.848 bits per heavy atom. The van der Waals surface area contributed by atoms with Crippen molar-refractivity contribution in [1.82, 2.24) is 34.9 Å². The highest BCUT2D eigenvalue weighted by Gasteiger charge is 2.32. The van der Waals surface area contributed by atoms with Crippen molar-refractivity contribution in [2.45, 2.75) is 95.7 Å². The van der Waals surface area contributed by atoms with E-state index in [2.05, 4.69) is 74.4 Å². The van der Waals surface area contributed by atoms with Crippen molar-refractivity contribution >= 4 is 51.1 Å². The summed E-state index contributed by atoms with van der Waals surface area (Å²) < 4.78 is 3.10. The van der Waals surface area contributed by atoms with E-state index in [1.54, 1.807) is 11.6 Å². The van der Waals surface area contributed by atoms with Gasteiger partial charge in [0, 0.05) is 68.8 Å². The third-order valence-corrected chi connectivity index (χ3v) is 14.5. The molecule has 4 aliphatic heterocycles. The number of imidazole rings is 1. The van der Waals surface area contributed by atoms with Gasteiger partial charge in [0.25, 0.3) is 5.91 Å². The van der Waals surface area contributed by atoms with Gasteiger partial charge in [-0.15, -0.1) is 0 Å². The Balaban J connectivity index is 0.713. The van der Waals surface area contributed by atoms with Gasteiger partial charge in [-0.05, 0) is 142 Å². The average molecular weight is 891 g/mol. The number of benzene rings is 4. The first-order valence-electron chi connectivity index (χ1n) is 24.0. The van der Waals surface area contributed by atoms with Crippen molar-refractivity contribution in [3.8, 4) is 11.8 Å². The Morgan fingerprint density at radius 2 is 1.62 bits per heavy atom. The maximum absolute atomic E-state index is 13.6. The minimum atomic E-state index is -0.703. The van der Waals surface area contributed by atoms with Crippen LogP contribution in [0.2, 0.25) is 0 Å². The van der Waals surface area contributed by atoms with E-state index in [9.17, 15) is 24.0 Å². The van der Waals surface area contributed by atoms with Crippen molar-refractivity contribution in [3.63, 3.8) is 0 Å². The van der Waals surface area contributed by atoms with E-state index in [1.165, 1.54) is 4.57 Å². The van der Waals surface area contributed by atoms with Gasteiger partial charge in [-0.1, -0.05) is 54.3 Å². The van der Waals surface area contributed by atoms with Crippen molar-refractivity contribution in [2.75, 3.05) is 51.1 Å². The van der Waals surface area contributed by atoms with Crippen LogP contribution in [-0.4, -0.2) is 94.4 Å². The summed E-state index contributed by atoms with van der Waals surface area (Å²) in [5.41, 5.74) is 7.01. The maximum Gasteiger partial charge on any atom is 0.329 e. The van der Waals surface area contributed by atoms with E-state index < -0.39 is 11.9 Å². The van der Waals surface area contributed by atoms with Gasteiger partial charge in [-0.2, -0.15) is 0 Å². The molecule has 13 heteroatoms. The molecule has 9 rings (SSSR count). The highest BCUT2D eigenvalue weighted by atomic mass is 16.2. The summed E-state index contributed by atoms with van der Waals surface area (Å²) in [6.07, 6.45) is 6.74. The van der Waals surface area contributed by atoms with Gasteiger partial charge >= 0.3 is 5.69 Å². The van der Waals surface area contributed by atoms with Crippen LogP contribution in [0.3, 0.4) is 0 Å². The molecule has 4 saturated heterocycles. The Kier molecular flexibility index (Phi) is 13.4. The summed E-state index contributed by atoms with van der Waals surface area (Å²) in [5.74, 6) is 7.17. The molecule has 4 fully saturated rings. The molecule has 0 spiro atoms. The van der Waals surface area contributed by atoms with Crippen LogP contribution in [0.25, 0.3) is 21.8 Å². The molecule has 4 aliphatic rings. The monoisotopic (exact) mass is 890 g/mol. The van der Waals surface area contributed by atoms with E-state index in [-0.39, 0.29) is 41.8 Å². The number of piperidine rings is 3. The van der Waals surface area contributed by atoms with Crippen LogP contribution < -0.4 is 27.0 Å². The minimum Gasteiger partial charge on any atom is -0.380 e. The highest BCUT2D eigenvalue weighted by molar-refractivity contribution is 6.00. The fourth-order valence-corrected chi connectivity index (χ4v) is 10.3. The van der Waals surface area contributed by atoms with E-state index in [0.717, 1.165) is 129 Å². The number of fused-ring (bicyclic) bond motifs is 2. The largest absolute Gasteiger partial charge is 0.380 e. The average Bonchev–Trinajstić information content (AvgIpc) is 3.56. The second kappa shape index (κ2) is 19.7. The Morgan fingerprint density at radius 3 is 2.36 bits per heavy atom. The third kappa shape index (κ3) is 9.67. The second-order valence-corrected chi connectivity index (χ2v) is 18.9. The van der Waals surface area contributed by atoms with Gasteiger partial charge in [-0.25, -0.2) is 4.79 Å². The van der Waals surface area contributed by atoms with Crippen LogP contribution in [0.1, 0.15) is 115 Å². The summed E-state index contributed by atoms with van der Waals surface area (Å²) in [5, 5.41) is 14.6. The first kappa shape index (κ1) is 44.9. The van der Waals surface area contributed by atoms with Crippen LogP contribution >= 0.6 is 0 Å². The van der Waals surface area contributed by atoms with Gasteiger partial charge in [0.1, 0.15) is 6.04 Å². The summed E-state index contributed by atoms with van der Waals surface area (Å²) in [7, 11) is 1.72. The topological polar surface area (TPSA) is 150 Å². The van der Waals surface area contributed by atoms with E-state index >= 15 is 0 Å². The van der Waals surface area contributed by atoms with Crippen LogP contribution in [0.15, 0.2) is 77.6 Å². The first-order chi connectivity index (χ1) is 32.0. The number of carbonyl (C=O) groups excluding carboxylic acids is 4. The molecule has 344 valence electrons. The standard InChI is InChI=1S/C53H62N8O5/c1-34-11-16-40(56-41-32-54-33-41)31-45(34)51(64)55-35(2)42-17-14-38(43-8-4-5-9-44(42)43)13-12-36-21-26-59(27-22-36)25-7-6-10-50(63)60-28-23-37(24-29-60)39-15-18-46-48(30-39)58(3)53(66)61(46)47-19-20-49(62)57-52(47)65/h4-5,8-9,11,14-18,30-31,35-37,41,47,54,56H,6-7,10,19-29,32-33H2,1-3H3,(H,55,64)(H,57,62,65). The molecule has 2 unspecified atom stereocenters. The summed E-state index contributed by atoms with van der Waals surface area (Å²) in [4.78, 5) is 68.9. The maximum atomic E-state index is 13.6. The molecule has 13 nitrogen and oxygen atoms in total. The van der Waals surface area contributed by atoms with Crippen molar-refractivity contribution < 1.29 is 19.2 Å². The van der Waals surface area contributed by atoms with E-state index in [1.807, 2.05) is 55.1 Å². The zero-order chi connectivity index (χ0) is 45.9. The smallest absolute Gasteiger partial charge is 0.329 e. The van der Waals surface area contributed by atoms with Crippen LogP contribution in [0, 0.1) is 24.7 Å². The molecule has 4 N–H and O–H groups in total. The fraction of sp³-hybridized carbons (Fsp3) is 0.453. The molecule has 0 bridgehead atoms. The number of amides is 4. The number of rotatable bonds is 12. The molecular weight excluding hydrogens is 829 g/mol. The van der Waals surface area contributed by atoms with Crippen LogP contribution in [0.4, 0.5) is 5.69 Å². The fourth-order valence-electron chi connectivity index (χ4n) is 10.3. The van der Waals surface area contributed by atoms with Gasteiger partial charge < -0.3 is 25.8 Å². The molecule has 0 saturated carbocycles. The second-order valence-electron chi connectivity index (χ2n) is 18.9. The predicted octanol–water partition coefficient (Wildman–Crippen LogP) is 6.29. The molecule has 2 atom stereocenters. The summed E-state index contributed by atoms with van der Waals surface area (Å²) >= 11 is 0. The first-order valence-corrected chi connectivity index (χ1v) is 24.0. The lowest BCUT2D eigenvalue weighted by Crippen LogP contribution is -2.51. The van der Waals surface area contributed by atoms with Gasteiger partial charge in [-0.3, -0.25) is 33.6 Å². The molecule has 4 amide bonds. The van der Waals surface area contributed by atoms with Crippen molar-refractivity contribution in [2.24, 2.45) is 13.0 Å². The summed E-state index contributed by atoms with van der Waals surface area (Å²) in [6.45, 7) is 10.3. The number of aromatic nitrogens is 2. The number of anilines is 1. The Labute approximate surface area is 386 Å². The zero-order valence-corrected chi connectivity index (χ0v) is 38.5. The molecular formula is C53H62N8O5. The lowest BCUT2D eigenvalue weighted by molar-refractivity contribution is -0.136. The third-order valence-electron chi connectivity index (χ3n) is 14.5. The number of carbonyl (C=O) groups is 4. The number of likely N-dealkylation sites (tertiary alicyclic amines) is 2. The highest BCUT2D eigenvalue weighted by Crippen LogP contribution is 2.33. The molecule has 0 aliphatic carbocycles. The SMILES string of the molecule is Cc1ccc(NC2CNC2)cc1C(=O)NC(C)c1ccc(C#CC2CCN(CCCCC(=O)N3CCC(c4ccc5c(c4)n(C)c(=O)n5C4CCC(=O)NC4=O)CC3)CC2)c2ccccc12. The molecule has 0 radical (unpaired) electrons. The summed E-state index contributed by atoms with van der Waals surface area (Å²) in [6, 6.07) is 24.1. The lowest BCUT2D eigenvalue weighted by Gasteiger charge is -2.32. The molecule has 1 aromatic heterocycles. The molecule has 5 heterocycles.